The Bertz CT molecular complexity index is 101. The van der Waals surface area contributed by atoms with Crippen LogP contribution in [0.4, 0.5) is 0 Å². The lowest BCUT2D eigenvalue weighted by Crippen LogP contribution is -2.17. The average Bonchev–Trinajstić information content (AvgIpc) is 1.87. The van der Waals surface area contributed by atoms with Gasteiger partial charge in [-0.2, -0.15) is 0 Å². The van der Waals surface area contributed by atoms with E-state index >= 15 is 0 Å². The third-order valence-electron chi connectivity index (χ3n) is 1.44. The standard InChI is InChI=1S/C8H16OS/c1-5-6(2)10-8(4)7(3)9/h5-9H,1H2,2-4H3. The zero-order chi connectivity index (χ0) is 8.15. The summed E-state index contributed by atoms with van der Waals surface area (Å²) in [4.78, 5) is 0. The van der Waals surface area contributed by atoms with Crippen molar-refractivity contribution in [2.45, 2.75) is 37.4 Å². The van der Waals surface area contributed by atoms with Crippen molar-refractivity contribution in [2.24, 2.45) is 0 Å². The molecule has 2 heteroatoms. The summed E-state index contributed by atoms with van der Waals surface area (Å²) in [6.45, 7) is 9.59. The van der Waals surface area contributed by atoms with E-state index in [1.54, 1.807) is 11.8 Å². The zero-order valence-corrected chi connectivity index (χ0v) is 7.69. The van der Waals surface area contributed by atoms with E-state index in [9.17, 15) is 0 Å². The number of rotatable bonds is 4. The molecule has 0 rings (SSSR count). The van der Waals surface area contributed by atoms with Crippen LogP contribution in [-0.2, 0) is 0 Å². The van der Waals surface area contributed by atoms with Gasteiger partial charge in [-0.3, -0.25) is 0 Å². The van der Waals surface area contributed by atoms with Gasteiger partial charge in [-0.25, -0.2) is 0 Å². The van der Waals surface area contributed by atoms with Crippen LogP contribution in [0.2, 0.25) is 0 Å². The highest BCUT2D eigenvalue weighted by atomic mass is 32.2. The first-order valence-electron chi connectivity index (χ1n) is 3.54. The molecule has 0 aromatic heterocycles. The summed E-state index contributed by atoms with van der Waals surface area (Å²) in [6.07, 6.45) is 1.66. The van der Waals surface area contributed by atoms with Crippen molar-refractivity contribution >= 4 is 11.8 Å². The highest BCUT2D eigenvalue weighted by Crippen LogP contribution is 2.20. The Morgan fingerprint density at radius 1 is 1.40 bits per heavy atom. The summed E-state index contributed by atoms with van der Waals surface area (Å²) < 4.78 is 0. The first kappa shape index (κ1) is 10.0. The molecule has 0 radical (unpaired) electrons. The number of hydrogen-bond donors (Lipinski definition) is 1. The summed E-state index contributed by atoms with van der Waals surface area (Å²) >= 11 is 1.74. The Morgan fingerprint density at radius 2 is 1.90 bits per heavy atom. The maximum atomic E-state index is 9.11. The van der Waals surface area contributed by atoms with Crippen molar-refractivity contribution in [3.8, 4) is 0 Å². The van der Waals surface area contributed by atoms with E-state index in [1.807, 2.05) is 19.9 Å². The molecule has 0 heterocycles. The van der Waals surface area contributed by atoms with E-state index in [0.29, 0.717) is 10.5 Å². The van der Waals surface area contributed by atoms with E-state index in [1.165, 1.54) is 0 Å². The van der Waals surface area contributed by atoms with Gasteiger partial charge >= 0.3 is 0 Å². The van der Waals surface area contributed by atoms with Crippen LogP contribution in [-0.4, -0.2) is 21.7 Å². The lowest BCUT2D eigenvalue weighted by Gasteiger charge is -2.16. The molecule has 10 heavy (non-hydrogen) atoms. The molecule has 1 nitrogen and oxygen atoms in total. The smallest absolute Gasteiger partial charge is 0.0628 e. The molecule has 0 amide bonds. The van der Waals surface area contributed by atoms with Gasteiger partial charge in [-0.05, 0) is 13.8 Å². The van der Waals surface area contributed by atoms with E-state index in [-0.39, 0.29) is 6.10 Å². The monoisotopic (exact) mass is 160 g/mol. The van der Waals surface area contributed by atoms with E-state index in [0.717, 1.165) is 0 Å². The van der Waals surface area contributed by atoms with E-state index < -0.39 is 0 Å². The van der Waals surface area contributed by atoms with Crippen molar-refractivity contribution in [1.29, 1.82) is 0 Å². The first-order chi connectivity index (χ1) is 4.57. The minimum absolute atomic E-state index is 0.229. The lowest BCUT2D eigenvalue weighted by atomic mass is 10.3. The van der Waals surface area contributed by atoms with E-state index in [4.69, 9.17) is 5.11 Å². The minimum Gasteiger partial charge on any atom is -0.392 e. The summed E-state index contributed by atoms with van der Waals surface area (Å²) in [5, 5.41) is 9.84. The molecule has 0 aliphatic carbocycles. The Kier molecular flexibility index (Phi) is 4.83. The van der Waals surface area contributed by atoms with E-state index in [2.05, 4.69) is 13.5 Å². The third-order valence-corrected chi connectivity index (χ3v) is 2.89. The predicted octanol–water partition coefficient (Wildman–Crippen LogP) is 2.06. The zero-order valence-electron chi connectivity index (χ0n) is 6.87. The van der Waals surface area contributed by atoms with Crippen molar-refractivity contribution in [2.75, 3.05) is 0 Å². The summed E-state index contributed by atoms with van der Waals surface area (Å²) in [7, 11) is 0. The summed E-state index contributed by atoms with van der Waals surface area (Å²) in [5.74, 6) is 0. The van der Waals surface area contributed by atoms with Crippen LogP contribution in [0.5, 0.6) is 0 Å². The van der Waals surface area contributed by atoms with Crippen LogP contribution in [0.3, 0.4) is 0 Å². The van der Waals surface area contributed by atoms with Crippen LogP contribution < -0.4 is 0 Å². The number of hydrogen-bond acceptors (Lipinski definition) is 2. The molecular weight excluding hydrogens is 144 g/mol. The van der Waals surface area contributed by atoms with Crippen molar-refractivity contribution in [1.82, 2.24) is 0 Å². The molecule has 0 bridgehead atoms. The molecule has 0 aromatic carbocycles. The largest absolute Gasteiger partial charge is 0.392 e. The van der Waals surface area contributed by atoms with Crippen molar-refractivity contribution in [3.63, 3.8) is 0 Å². The third kappa shape index (κ3) is 3.96. The summed E-state index contributed by atoms with van der Waals surface area (Å²) in [6, 6.07) is 0. The normalized spacial score (nSPS) is 19.6. The van der Waals surface area contributed by atoms with Crippen LogP contribution >= 0.6 is 11.8 Å². The van der Waals surface area contributed by atoms with Gasteiger partial charge in [0.15, 0.2) is 0 Å². The van der Waals surface area contributed by atoms with Crippen molar-refractivity contribution in [3.05, 3.63) is 12.7 Å². The highest BCUT2D eigenvalue weighted by Gasteiger charge is 2.10. The van der Waals surface area contributed by atoms with Gasteiger partial charge in [0, 0.05) is 10.5 Å². The molecular formula is C8H16OS. The first-order valence-corrected chi connectivity index (χ1v) is 4.48. The SMILES string of the molecule is C=CC(C)SC(C)C(C)O. The molecule has 1 N–H and O–H groups in total. The molecule has 0 saturated heterocycles. The quantitative estimate of drug-likeness (QED) is 0.635. The Hall–Kier alpha value is 0.0500. The summed E-state index contributed by atoms with van der Waals surface area (Å²) in [5.41, 5.74) is 0. The van der Waals surface area contributed by atoms with Gasteiger partial charge in [-0.15, -0.1) is 18.3 Å². The maximum absolute atomic E-state index is 9.11. The van der Waals surface area contributed by atoms with Crippen LogP contribution in [0.1, 0.15) is 20.8 Å². The minimum atomic E-state index is -0.229. The molecule has 60 valence electrons. The highest BCUT2D eigenvalue weighted by molar-refractivity contribution is 8.00. The van der Waals surface area contributed by atoms with Crippen molar-refractivity contribution < 1.29 is 5.11 Å². The number of aliphatic hydroxyl groups is 1. The fourth-order valence-corrected chi connectivity index (χ4v) is 1.52. The van der Waals surface area contributed by atoms with Crippen LogP contribution in [0.15, 0.2) is 12.7 Å². The fourth-order valence-electron chi connectivity index (χ4n) is 0.508. The Labute approximate surface area is 67.5 Å². The topological polar surface area (TPSA) is 20.2 Å². The Morgan fingerprint density at radius 3 is 2.20 bits per heavy atom. The van der Waals surface area contributed by atoms with Crippen LogP contribution in [0, 0.1) is 0 Å². The molecule has 0 fully saturated rings. The predicted molar refractivity (Wildman–Crippen MR) is 48.4 cm³/mol. The molecule has 0 aromatic rings. The lowest BCUT2D eigenvalue weighted by molar-refractivity contribution is 0.196. The second kappa shape index (κ2) is 4.80. The van der Waals surface area contributed by atoms with Gasteiger partial charge in [0.2, 0.25) is 0 Å². The van der Waals surface area contributed by atoms with Gasteiger partial charge in [0.25, 0.3) is 0 Å². The van der Waals surface area contributed by atoms with Gasteiger partial charge in [-0.1, -0.05) is 13.0 Å². The molecule has 3 atom stereocenters. The Balaban J connectivity index is 3.56. The van der Waals surface area contributed by atoms with Gasteiger partial charge in [0.1, 0.15) is 0 Å². The fraction of sp³-hybridized carbons (Fsp3) is 0.750. The maximum Gasteiger partial charge on any atom is 0.0628 e. The molecule has 0 aliphatic heterocycles. The van der Waals surface area contributed by atoms with Gasteiger partial charge in [0.05, 0.1) is 6.10 Å². The molecule has 0 aliphatic rings. The second-order valence-electron chi connectivity index (χ2n) is 2.52. The second-order valence-corrected chi connectivity index (χ2v) is 4.28. The molecule has 0 spiro atoms. The number of aliphatic hydroxyl groups excluding tert-OH is 1. The molecule has 3 unspecified atom stereocenters. The average molecular weight is 160 g/mol. The van der Waals surface area contributed by atoms with Gasteiger partial charge < -0.3 is 5.11 Å². The van der Waals surface area contributed by atoms with Crippen LogP contribution in [0.25, 0.3) is 0 Å². The number of thioether (sulfide) groups is 1. The molecule has 0 saturated carbocycles.